The van der Waals surface area contributed by atoms with E-state index in [0.29, 0.717) is 11.5 Å². The van der Waals surface area contributed by atoms with E-state index in [1.54, 1.807) is 16.0 Å². The first-order valence-corrected chi connectivity index (χ1v) is 10.5. The van der Waals surface area contributed by atoms with Crippen molar-refractivity contribution in [3.8, 4) is 16.3 Å². The number of hydrogen-bond acceptors (Lipinski definition) is 6. The summed E-state index contributed by atoms with van der Waals surface area (Å²) in [6, 6.07) is 12.3. The van der Waals surface area contributed by atoms with E-state index in [2.05, 4.69) is 35.4 Å². The van der Waals surface area contributed by atoms with Gasteiger partial charge >= 0.3 is 0 Å². The van der Waals surface area contributed by atoms with Gasteiger partial charge in [-0.05, 0) is 55.3 Å². The van der Waals surface area contributed by atoms with Crippen LogP contribution in [0.25, 0.3) is 27.3 Å². The molecule has 1 saturated heterocycles. The summed E-state index contributed by atoms with van der Waals surface area (Å²) >= 11 is 1.66. The number of nitrogens with zero attached hydrogens (tertiary/aromatic N) is 5. The monoisotopic (exact) mass is 390 g/mol. The zero-order valence-electron chi connectivity index (χ0n) is 15.8. The van der Waals surface area contributed by atoms with E-state index in [9.17, 15) is 0 Å². The van der Waals surface area contributed by atoms with Crippen molar-refractivity contribution in [3.63, 3.8) is 0 Å². The van der Waals surface area contributed by atoms with E-state index in [1.807, 2.05) is 18.2 Å². The second kappa shape index (κ2) is 6.91. The van der Waals surface area contributed by atoms with Crippen LogP contribution in [-0.2, 0) is 0 Å². The van der Waals surface area contributed by atoms with E-state index in [4.69, 9.17) is 20.8 Å². The third-order valence-electron chi connectivity index (χ3n) is 5.20. The molecule has 0 radical (unpaired) electrons. The topological polar surface area (TPSA) is 72.9 Å². The summed E-state index contributed by atoms with van der Waals surface area (Å²) in [6.07, 6.45) is 3.62. The van der Waals surface area contributed by atoms with Crippen LogP contribution in [-0.4, -0.2) is 32.8 Å². The molecule has 1 aliphatic rings. The molecule has 1 aromatic carbocycles. The molecule has 0 bridgehead atoms. The van der Waals surface area contributed by atoms with Crippen molar-refractivity contribution in [2.75, 3.05) is 23.7 Å². The molecular formula is C21H22N6S. The quantitative estimate of drug-likeness (QED) is 0.560. The van der Waals surface area contributed by atoms with Crippen LogP contribution in [0.15, 0.2) is 41.8 Å². The van der Waals surface area contributed by atoms with Crippen molar-refractivity contribution in [1.82, 2.24) is 19.7 Å². The number of aryl methyl sites for hydroxylation is 1. The lowest BCUT2D eigenvalue weighted by Crippen LogP contribution is -2.31. The Morgan fingerprint density at radius 1 is 1.04 bits per heavy atom. The molecule has 4 aromatic rings. The molecule has 0 saturated carbocycles. The Hall–Kier alpha value is -2.93. The fourth-order valence-corrected chi connectivity index (χ4v) is 4.50. The number of fused-ring (bicyclic) bond motifs is 1. The van der Waals surface area contributed by atoms with E-state index in [0.717, 1.165) is 46.2 Å². The number of anilines is 2. The molecule has 6 nitrogen and oxygen atoms in total. The van der Waals surface area contributed by atoms with Gasteiger partial charge in [0.25, 0.3) is 0 Å². The third kappa shape index (κ3) is 2.92. The molecule has 2 N–H and O–H groups in total. The largest absolute Gasteiger partial charge is 0.383 e. The van der Waals surface area contributed by atoms with Crippen LogP contribution in [0.5, 0.6) is 0 Å². The summed E-state index contributed by atoms with van der Waals surface area (Å²) in [5.74, 6) is 1.33. The molecule has 0 spiro atoms. The Bertz CT molecular complexity index is 1130. The van der Waals surface area contributed by atoms with Gasteiger partial charge < -0.3 is 10.6 Å². The Labute approximate surface area is 167 Å². The van der Waals surface area contributed by atoms with E-state index < -0.39 is 0 Å². The van der Waals surface area contributed by atoms with Gasteiger partial charge in [0.1, 0.15) is 5.82 Å². The van der Waals surface area contributed by atoms with Crippen molar-refractivity contribution < 1.29 is 0 Å². The van der Waals surface area contributed by atoms with Crippen molar-refractivity contribution in [2.24, 2.45) is 0 Å². The lowest BCUT2D eigenvalue weighted by Gasteiger charge is -2.26. The first kappa shape index (κ1) is 17.2. The summed E-state index contributed by atoms with van der Waals surface area (Å²) in [4.78, 5) is 13.1. The molecule has 0 unspecified atom stereocenters. The summed E-state index contributed by atoms with van der Waals surface area (Å²) in [5.41, 5.74) is 10.2. The lowest BCUT2D eigenvalue weighted by molar-refractivity contribution is 0.569. The van der Waals surface area contributed by atoms with Crippen molar-refractivity contribution in [2.45, 2.75) is 26.2 Å². The summed E-state index contributed by atoms with van der Waals surface area (Å²) < 4.78 is 1.78. The molecule has 0 atom stereocenters. The molecule has 3 aromatic heterocycles. The predicted octanol–water partition coefficient (Wildman–Crippen LogP) is 4.42. The Morgan fingerprint density at radius 3 is 2.64 bits per heavy atom. The normalized spacial score (nSPS) is 14.7. The second-order valence-corrected chi connectivity index (χ2v) is 8.18. The van der Waals surface area contributed by atoms with Gasteiger partial charge in [0.15, 0.2) is 5.65 Å². The summed E-state index contributed by atoms with van der Waals surface area (Å²) in [5, 5.41) is 7.65. The molecule has 1 aliphatic heterocycles. The standard InChI is InChI=1S/C21H22N6S/c1-14-7-5-8-15(13-14)27-19(22)17-18(16-9-6-12-28-16)23-21(24-20(17)25-27)26-10-3-2-4-11-26/h5-9,12-13H,2-4,10-11,22H2,1H3. The Balaban J connectivity index is 1.74. The number of nitrogens with two attached hydrogens (primary N) is 1. The molecule has 0 amide bonds. The zero-order valence-corrected chi connectivity index (χ0v) is 16.6. The lowest BCUT2D eigenvalue weighted by atomic mass is 10.1. The number of aromatic nitrogens is 4. The fourth-order valence-electron chi connectivity index (χ4n) is 3.78. The molecule has 142 valence electrons. The van der Waals surface area contributed by atoms with Crippen LogP contribution in [0, 0.1) is 6.92 Å². The molecule has 28 heavy (non-hydrogen) atoms. The first-order valence-electron chi connectivity index (χ1n) is 9.63. The SMILES string of the molecule is Cc1cccc(-n2nc3nc(N4CCCCC4)nc(-c4cccs4)c3c2N)c1. The van der Waals surface area contributed by atoms with Gasteiger partial charge in [0.2, 0.25) is 5.95 Å². The Morgan fingerprint density at radius 2 is 1.89 bits per heavy atom. The third-order valence-corrected chi connectivity index (χ3v) is 6.07. The van der Waals surface area contributed by atoms with Crippen molar-refractivity contribution in [1.29, 1.82) is 0 Å². The maximum absolute atomic E-state index is 6.57. The molecular weight excluding hydrogens is 368 g/mol. The molecule has 7 heteroatoms. The van der Waals surface area contributed by atoms with Crippen LogP contribution in [0.1, 0.15) is 24.8 Å². The van der Waals surface area contributed by atoms with Crippen molar-refractivity contribution >= 4 is 34.1 Å². The van der Waals surface area contributed by atoms with Crippen LogP contribution in [0.4, 0.5) is 11.8 Å². The van der Waals surface area contributed by atoms with Gasteiger partial charge in [-0.15, -0.1) is 16.4 Å². The predicted molar refractivity (Wildman–Crippen MR) is 115 cm³/mol. The highest BCUT2D eigenvalue weighted by Crippen LogP contribution is 2.35. The minimum absolute atomic E-state index is 0.578. The molecule has 4 heterocycles. The van der Waals surface area contributed by atoms with Crippen molar-refractivity contribution in [3.05, 3.63) is 47.3 Å². The molecule has 0 aliphatic carbocycles. The number of benzene rings is 1. The highest BCUT2D eigenvalue weighted by atomic mass is 32.1. The van der Waals surface area contributed by atoms with Crippen LogP contribution in [0.2, 0.25) is 0 Å². The van der Waals surface area contributed by atoms with Gasteiger partial charge in [0, 0.05) is 13.1 Å². The van der Waals surface area contributed by atoms with Crippen LogP contribution >= 0.6 is 11.3 Å². The number of thiophene rings is 1. The minimum atomic E-state index is 0.578. The molecule has 1 fully saturated rings. The van der Waals surface area contributed by atoms with Gasteiger partial charge in [-0.2, -0.15) is 4.98 Å². The zero-order chi connectivity index (χ0) is 19.1. The second-order valence-electron chi connectivity index (χ2n) is 7.23. The maximum atomic E-state index is 6.57. The smallest absolute Gasteiger partial charge is 0.228 e. The average molecular weight is 391 g/mol. The Kier molecular flexibility index (Phi) is 4.24. The maximum Gasteiger partial charge on any atom is 0.228 e. The number of hydrogen-bond donors (Lipinski definition) is 1. The van der Waals surface area contributed by atoms with E-state index >= 15 is 0 Å². The fraction of sp³-hybridized carbons (Fsp3) is 0.286. The number of nitrogen functional groups attached to an aromatic ring is 1. The van der Waals surface area contributed by atoms with Gasteiger partial charge in [0.05, 0.1) is 21.6 Å². The van der Waals surface area contributed by atoms with Gasteiger partial charge in [-0.25, -0.2) is 9.67 Å². The van der Waals surface area contributed by atoms with Crippen LogP contribution in [0.3, 0.4) is 0 Å². The highest BCUT2D eigenvalue weighted by Gasteiger charge is 2.22. The minimum Gasteiger partial charge on any atom is -0.383 e. The van der Waals surface area contributed by atoms with Gasteiger partial charge in [-0.3, -0.25) is 0 Å². The van der Waals surface area contributed by atoms with E-state index in [1.165, 1.54) is 19.3 Å². The molecule has 5 rings (SSSR count). The number of piperidine rings is 1. The number of rotatable bonds is 3. The van der Waals surface area contributed by atoms with E-state index in [-0.39, 0.29) is 0 Å². The average Bonchev–Trinajstić information content (AvgIpc) is 3.37. The highest BCUT2D eigenvalue weighted by molar-refractivity contribution is 7.13. The summed E-state index contributed by atoms with van der Waals surface area (Å²) in [7, 11) is 0. The van der Waals surface area contributed by atoms with Gasteiger partial charge in [-0.1, -0.05) is 18.2 Å². The summed E-state index contributed by atoms with van der Waals surface area (Å²) in [6.45, 7) is 4.04. The first-order chi connectivity index (χ1) is 13.7. The van der Waals surface area contributed by atoms with Crippen LogP contribution < -0.4 is 10.6 Å².